The smallest absolute Gasteiger partial charge is 0.165 e. The Hall–Kier alpha value is -1.48. The molecule has 2 rings (SSSR count). The van der Waals surface area contributed by atoms with Crippen LogP contribution in [0.15, 0.2) is 48.5 Å². The van der Waals surface area contributed by atoms with Crippen molar-refractivity contribution < 1.29 is 9.47 Å². The van der Waals surface area contributed by atoms with E-state index in [1.165, 1.54) is 5.56 Å². The van der Waals surface area contributed by atoms with Crippen molar-refractivity contribution in [1.82, 2.24) is 0 Å². The summed E-state index contributed by atoms with van der Waals surface area (Å²) in [4.78, 5) is 0. The van der Waals surface area contributed by atoms with Gasteiger partial charge in [-0.15, -0.1) is 0 Å². The predicted octanol–water partition coefficient (Wildman–Crippen LogP) is 4.60. The van der Waals surface area contributed by atoms with Gasteiger partial charge in [-0.1, -0.05) is 58.4 Å². The molecule has 0 spiro atoms. The van der Waals surface area contributed by atoms with Crippen molar-refractivity contribution in [2.24, 2.45) is 0 Å². The highest BCUT2D eigenvalue weighted by molar-refractivity contribution is 9.08. The van der Waals surface area contributed by atoms with Gasteiger partial charge in [-0.05, 0) is 18.6 Å². The fourth-order valence-electron chi connectivity index (χ4n) is 2.02. The largest absolute Gasteiger partial charge is 0.490 e. The summed E-state index contributed by atoms with van der Waals surface area (Å²) in [6.45, 7) is 3.27. The van der Waals surface area contributed by atoms with E-state index in [0.717, 1.165) is 28.8 Å². The second-order valence-corrected chi connectivity index (χ2v) is 4.96. The third-order valence-corrected chi connectivity index (χ3v) is 3.59. The molecule has 0 radical (unpaired) electrons. The summed E-state index contributed by atoms with van der Waals surface area (Å²) in [6.07, 6.45) is 0.892. The van der Waals surface area contributed by atoms with Crippen molar-refractivity contribution in [2.75, 3.05) is 13.2 Å². The number of hydrogen-bond acceptors (Lipinski definition) is 2. The Labute approximate surface area is 128 Å². The molecule has 2 aromatic carbocycles. The molecule has 0 saturated heterocycles. The molecule has 20 heavy (non-hydrogen) atoms. The van der Waals surface area contributed by atoms with Gasteiger partial charge in [0.2, 0.25) is 0 Å². The van der Waals surface area contributed by atoms with Crippen LogP contribution in [0.1, 0.15) is 18.1 Å². The molecule has 0 aromatic heterocycles. The third-order valence-electron chi connectivity index (χ3n) is 2.98. The van der Waals surface area contributed by atoms with Crippen LogP contribution < -0.4 is 9.47 Å². The average molecular weight is 335 g/mol. The first-order valence-corrected chi connectivity index (χ1v) is 7.94. The average Bonchev–Trinajstić information content (AvgIpc) is 2.50. The van der Waals surface area contributed by atoms with Gasteiger partial charge in [0.15, 0.2) is 11.5 Å². The van der Waals surface area contributed by atoms with E-state index in [1.54, 1.807) is 0 Å². The first-order chi connectivity index (χ1) is 9.85. The number of alkyl halides is 1. The van der Waals surface area contributed by atoms with Gasteiger partial charge in [-0.25, -0.2) is 0 Å². The van der Waals surface area contributed by atoms with E-state index in [1.807, 2.05) is 37.3 Å². The molecule has 0 bridgehead atoms. The SMILES string of the molecule is CCOc1cccc(CBr)c1OCCc1ccccc1. The number of para-hydroxylation sites is 1. The molecule has 0 atom stereocenters. The Bertz CT molecular complexity index is 526. The minimum Gasteiger partial charge on any atom is -0.490 e. The molecule has 0 N–H and O–H groups in total. The molecule has 2 aromatic rings. The monoisotopic (exact) mass is 334 g/mol. The van der Waals surface area contributed by atoms with Gasteiger partial charge in [0.25, 0.3) is 0 Å². The van der Waals surface area contributed by atoms with Crippen LogP contribution in [-0.4, -0.2) is 13.2 Å². The second-order valence-electron chi connectivity index (χ2n) is 4.40. The zero-order valence-electron chi connectivity index (χ0n) is 11.6. The Balaban J connectivity index is 2.04. The highest BCUT2D eigenvalue weighted by Crippen LogP contribution is 2.32. The Morgan fingerprint density at radius 2 is 1.75 bits per heavy atom. The molecule has 2 nitrogen and oxygen atoms in total. The van der Waals surface area contributed by atoms with Crippen LogP contribution >= 0.6 is 15.9 Å². The van der Waals surface area contributed by atoms with Gasteiger partial charge in [0.05, 0.1) is 13.2 Å². The topological polar surface area (TPSA) is 18.5 Å². The lowest BCUT2D eigenvalue weighted by Crippen LogP contribution is -2.05. The summed E-state index contributed by atoms with van der Waals surface area (Å²) in [5.74, 6) is 1.67. The lowest BCUT2D eigenvalue weighted by Gasteiger charge is -2.15. The zero-order valence-corrected chi connectivity index (χ0v) is 13.2. The summed E-state index contributed by atoms with van der Waals surface area (Å²) in [6, 6.07) is 16.3. The van der Waals surface area contributed by atoms with Crippen LogP contribution in [0.25, 0.3) is 0 Å². The highest BCUT2D eigenvalue weighted by atomic mass is 79.9. The van der Waals surface area contributed by atoms with Crippen molar-refractivity contribution in [3.8, 4) is 11.5 Å². The number of halogens is 1. The molecule has 106 valence electrons. The molecule has 0 unspecified atom stereocenters. The molecule has 0 fully saturated rings. The Morgan fingerprint density at radius 1 is 0.950 bits per heavy atom. The normalized spacial score (nSPS) is 10.3. The van der Waals surface area contributed by atoms with Gasteiger partial charge in [0.1, 0.15) is 0 Å². The zero-order chi connectivity index (χ0) is 14.2. The van der Waals surface area contributed by atoms with Crippen molar-refractivity contribution in [2.45, 2.75) is 18.7 Å². The van der Waals surface area contributed by atoms with E-state index in [2.05, 4.69) is 34.1 Å². The summed E-state index contributed by atoms with van der Waals surface area (Å²) in [5.41, 5.74) is 2.39. The Kier molecular flexibility index (Phi) is 5.93. The van der Waals surface area contributed by atoms with Gasteiger partial charge in [-0.3, -0.25) is 0 Å². The number of benzene rings is 2. The lowest BCUT2D eigenvalue weighted by molar-refractivity contribution is 0.277. The number of rotatable bonds is 7. The lowest BCUT2D eigenvalue weighted by atomic mass is 10.1. The Morgan fingerprint density at radius 3 is 2.45 bits per heavy atom. The molecular formula is C17H19BrO2. The molecule has 0 aliphatic carbocycles. The van der Waals surface area contributed by atoms with E-state index < -0.39 is 0 Å². The van der Waals surface area contributed by atoms with Crippen molar-refractivity contribution >= 4 is 15.9 Å². The van der Waals surface area contributed by atoms with Crippen molar-refractivity contribution in [3.05, 3.63) is 59.7 Å². The summed E-state index contributed by atoms with van der Waals surface area (Å²) < 4.78 is 11.6. The van der Waals surface area contributed by atoms with Crippen molar-refractivity contribution in [3.63, 3.8) is 0 Å². The van der Waals surface area contributed by atoms with E-state index >= 15 is 0 Å². The molecule has 3 heteroatoms. The fourth-order valence-corrected chi connectivity index (χ4v) is 2.46. The van der Waals surface area contributed by atoms with Crippen LogP contribution in [0.4, 0.5) is 0 Å². The molecule has 0 amide bonds. The van der Waals surface area contributed by atoms with Gasteiger partial charge in [-0.2, -0.15) is 0 Å². The highest BCUT2D eigenvalue weighted by Gasteiger charge is 2.10. The van der Waals surface area contributed by atoms with Gasteiger partial charge >= 0.3 is 0 Å². The number of ether oxygens (including phenoxy) is 2. The summed E-state index contributed by atoms with van der Waals surface area (Å²) >= 11 is 3.49. The maximum atomic E-state index is 5.96. The standard InChI is InChI=1S/C17H19BrO2/c1-2-19-16-10-6-9-15(13-18)17(16)20-12-11-14-7-4-3-5-8-14/h3-10H,2,11-13H2,1H3. The first-order valence-electron chi connectivity index (χ1n) is 6.82. The second kappa shape index (κ2) is 7.95. The van der Waals surface area contributed by atoms with Crippen LogP contribution in [0.2, 0.25) is 0 Å². The first kappa shape index (κ1) is 14.9. The maximum Gasteiger partial charge on any atom is 0.165 e. The van der Waals surface area contributed by atoms with Crippen molar-refractivity contribution in [1.29, 1.82) is 0 Å². The van der Waals surface area contributed by atoms with E-state index in [9.17, 15) is 0 Å². The minimum absolute atomic E-state index is 0.640. The third kappa shape index (κ3) is 4.01. The predicted molar refractivity (Wildman–Crippen MR) is 85.9 cm³/mol. The summed E-state index contributed by atoms with van der Waals surface area (Å²) in [5, 5.41) is 0.759. The fraction of sp³-hybridized carbons (Fsp3) is 0.294. The van der Waals surface area contributed by atoms with E-state index in [0.29, 0.717) is 13.2 Å². The van der Waals surface area contributed by atoms with Crippen LogP contribution in [0.5, 0.6) is 11.5 Å². The van der Waals surface area contributed by atoms with Crippen LogP contribution in [-0.2, 0) is 11.8 Å². The molecular weight excluding hydrogens is 316 g/mol. The minimum atomic E-state index is 0.640. The quantitative estimate of drug-likeness (QED) is 0.689. The molecule has 0 aliphatic rings. The van der Waals surface area contributed by atoms with Gasteiger partial charge < -0.3 is 9.47 Å². The molecule has 0 saturated carbocycles. The van der Waals surface area contributed by atoms with Gasteiger partial charge in [0, 0.05) is 17.3 Å². The summed E-state index contributed by atoms with van der Waals surface area (Å²) in [7, 11) is 0. The van der Waals surface area contributed by atoms with Crippen LogP contribution in [0, 0.1) is 0 Å². The molecule has 0 heterocycles. The van der Waals surface area contributed by atoms with E-state index in [4.69, 9.17) is 9.47 Å². The van der Waals surface area contributed by atoms with Crippen LogP contribution in [0.3, 0.4) is 0 Å². The molecule has 0 aliphatic heterocycles. The maximum absolute atomic E-state index is 5.96. The number of hydrogen-bond donors (Lipinski definition) is 0. The van der Waals surface area contributed by atoms with E-state index in [-0.39, 0.29) is 0 Å².